The number of aromatic hydroxyl groups is 1. The van der Waals surface area contributed by atoms with Crippen molar-refractivity contribution in [1.29, 1.82) is 0 Å². The summed E-state index contributed by atoms with van der Waals surface area (Å²) in [6.45, 7) is 0. The summed E-state index contributed by atoms with van der Waals surface area (Å²) in [6, 6.07) is 22.4. The summed E-state index contributed by atoms with van der Waals surface area (Å²) in [5.41, 5.74) is 4.29. The van der Waals surface area contributed by atoms with Gasteiger partial charge in [-0.05, 0) is 48.0 Å². The van der Waals surface area contributed by atoms with Gasteiger partial charge in [0.25, 0.3) is 0 Å². The van der Waals surface area contributed by atoms with Gasteiger partial charge >= 0.3 is 0 Å². The lowest BCUT2D eigenvalue weighted by atomic mass is 10.1. The summed E-state index contributed by atoms with van der Waals surface area (Å²) >= 11 is 7.44. The van der Waals surface area contributed by atoms with Crippen molar-refractivity contribution in [1.82, 2.24) is 15.2 Å². The monoisotopic (exact) mass is 448 g/mol. The maximum Gasteiger partial charge on any atom is 0.247 e. The van der Waals surface area contributed by atoms with Crippen LogP contribution in [-0.2, 0) is 5.75 Å². The molecule has 0 saturated heterocycles. The molecule has 6 nitrogen and oxygen atoms in total. The van der Waals surface area contributed by atoms with Crippen LogP contribution in [0.4, 0.5) is 5.69 Å². The predicted octanol–water partition coefficient (Wildman–Crippen LogP) is 5.69. The summed E-state index contributed by atoms with van der Waals surface area (Å²) < 4.78 is 6.24. The van der Waals surface area contributed by atoms with Crippen molar-refractivity contribution in [2.45, 2.75) is 17.1 Å². The fourth-order valence-electron chi connectivity index (χ4n) is 3.24. The van der Waals surface area contributed by atoms with Crippen molar-refractivity contribution in [3.8, 4) is 22.9 Å². The Kier molecular flexibility index (Phi) is 5.36. The molecule has 8 heteroatoms. The number of ether oxygens (including phenoxy) is 1. The van der Waals surface area contributed by atoms with E-state index in [0.29, 0.717) is 27.5 Å². The molecule has 0 bridgehead atoms. The maximum absolute atomic E-state index is 9.63. The zero-order valence-electron chi connectivity index (χ0n) is 16.2. The van der Waals surface area contributed by atoms with Crippen LogP contribution < -0.4 is 10.1 Å². The lowest BCUT2D eigenvalue weighted by Gasteiger charge is -2.19. The number of phenols is 1. The number of hydrogen-bond donors (Lipinski definition) is 2. The minimum absolute atomic E-state index is 0.197. The van der Waals surface area contributed by atoms with Crippen LogP contribution >= 0.6 is 23.4 Å². The van der Waals surface area contributed by atoms with Crippen LogP contribution in [0.1, 0.15) is 17.4 Å². The van der Waals surface area contributed by atoms with Gasteiger partial charge in [-0.1, -0.05) is 53.7 Å². The third-order valence-corrected chi connectivity index (χ3v) is 5.97. The average molecular weight is 449 g/mol. The molecule has 154 valence electrons. The van der Waals surface area contributed by atoms with Gasteiger partial charge in [-0.25, -0.2) is 0 Å². The minimum Gasteiger partial charge on any atom is -0.508 e. The number of aromatic nitrogens is 3. The van der Waals surface area contributed by atoms with Crippen LogP contribution in [0, 0.1) is 0 Å². The van der Waals surface area contributed by atoms with Crippen molar-refractivity contribution in [3.05, 3.63) is 88.9 Å². The number of fused-ring (bicyclic) bond motifs is 3. The lowest BCUT2D eigenvalue weighted by Crippen LogP contribution is -2.17. The first-order valence-electron chi connectivity index (χ1n) is 9.59. The summed E-state index contributed by atoms with van der Waals surface area (Å²) in [6.07, 6.45) is -0.492. The van der Waals surface area contributed by atoms with Gasteiger partial charge < -0.3 is 15.2 Å². The molecule has 1 aliphatic rings. The first-order valence-corrected chi connectivity index (χ1v) is 11.0. The molecule has 0 aliphatic carbocycles. The van der Waals surface area contributed by atoms with E-state index in [-0.39, 0.29) is 5.75 Å². The fraction of sp³-hybridized carbons (Fsp3) is 0.0870. The molecule has 2 N–H and O–H groups in total. The highest BCUT2D eigenvalue weighted by atomic mass is 35.5. The second-order valence-corrected chi connectivity index (χ2v) is 8.32. The van der Waals surface area contributed by atoms with Crippen LogP contribution in [0.3, 0.4) is 0 Å². The molecule has 3 aromatic carbocycles. The molecule has 31 heavy (non-hydrogen) atoms. The highest BCUT2D eigenvalue weighted by Gasteiger charge is 2.26. The third kappa shape index (κ3) is 4.28. The van der Waals surface area contributed by atoms with Gasteiger partial charge in [0.1, 0.15) is 5.75 Å². The standard InChI is InChI=1S/C23H17ClN4O2S/c24-16-9-5-14(6-10-16)13-31-23-26-22-20(27-28-23)18-3-1-2-4-19(18)25-21(30-22)15-7-11-17(29)12-8-15/h1-12,21,25,29H,13H2/t21-/m1/s1. The first-order chi connectivity index (χ1) is 15.2. The van der Waals surface area contributed by atoms with Gasteiger partial charge in [0.05, 0.1) is 0 Å². The van der Waals surface area contributed by atoms with Crippen LogP contribution in [0.15, 0.2) is 78.0 Å². The van der Waals surface area contributed by atoms with E-state index in [2.05, 4.69) is 20.5 Å². The molecule has 4 aromatic rings. The molecule has 1 atom stereocenters. The molecule has 0 spiro atoms. The van der Waals surface area contributed by atoms with Crippen LogP contribution in [0.25, 0.3) is 11.3 Å². The lowest BCUT2D eigenvalue weighted by molar-refractivity contribution is 0.225. The molecule has 1 aliphatic heterocycles. The Hall–Kier alpha value is -3.29. The van der Waals surface area contributed by atoms with Gasteiger partial charge in [-0.15, -0.1) is 10.2 Å². The topological polar surface area (TPSA) is 80.2 Å². The van der Waals surface area contributed by atoms with Crippen molar-refractivity contribution in [2.75, 3.05) is 5.32 Å². The second kappa shape index (κ2) is 8.45. The SMILES string of the molecule is Oc1ccc([C@@H]2Nc3ccccc3-c3nnc(SCc4ccc(Cl)cc4)nc3O2)cc1. The number of nitrogens with one attached hydrogen (secondary N) is 1. The molecule has 0 unspecified atom stereocenters. The van der Waals surface area contributed by atoms with Gasteiger partial charge in [-0.2, -0.15) is 4.98 Å². The largest absolute Gasteiger partial charge is 0.508 e. The summed E-state index contributed by atoms with van der Waals surface area (Å²) in [5.74, 6) is 1.29. The van der Waals surface area contributed by atoms with E-state index in [1.165, 1.54) is 11.8 Å². The van der Waals surface area contributed by atoms with E-state index >= 15 is 0 Å². The number of hydrogen-bond acceptors (Lipinski definition) is 7. The number of nitrogens with zero attached hydrogens (tertiary/aromatic N) is 3. The minimum atomic E-state index is -0.492. The molecule has 0 amide bonds. The zero-order chi connectivity index (χ0) is 21.2. The maximum atomic E-state index is 9.63. The smallest absolute Gasteiger partial charge is 0.247 e. The Bertz CT molecular complexity index is 1220. The van der Waals surface area contributed by atoms with Crippen LogP contribution in [-0.4, -0.2) is 20.3 Å². The van der Waals surface area contributed by atoms with Crippen LogP contribution in [0.5, 0.6) is 11.6 Å². The molecular weight excluding hydrogens is 432 g/mol. The van der Waals surface area contributed by atoms with Gasteiger partial charge in [-0.3, -0.25) is 0 Å². The van der Waals surface area contributed by atoms with E-state index in [4.69, 9.17) is 16.3 Å². The Morgan fingerprint density at radius 3 is 2.55 bits per heavy atom. The predicted molar refractivity (Wildman–Crippen MR) is 121 cm³/mol. The zero-order valence-corrected chi connectivity index (χ0v) is 17.8. The summed E-state index contributed by atoms with van der Waals surface area (Å²) in [4.78, 5) is 4.65. The Morgan fingerprint density at radius 2 is 1.74 bits per heavy atom. The normalized spacial score (nSPS) is 14.5. The van der Waals surface area contributed by atoms with E-state index in [1.807, 2.05) is 60.7 Å². The van der Waals surface area contributed by atoms with Crippen molar-refractivity contribution >= 4 is 29.1 Å². The number of rotatable bonds is 4. The molecule has 2 heterocycles. The summed E-state index contributed by atoms with van der Waals surface area (Å²) in [7, 11) is 0. The summed E-state index contributed by atoms with van der Waals surface area (Å²) in [5, 5.41) is 23.0. The quantitative estimate of drug-likeness (QED) is 0.388. The number of halogens is 1. The Labute approximate surface area is 188 Å². The fourth-order valence-corrected chi connectivity index (χ4v) is 4.10. The van der Waals surface area contributed by atoms with E-state index in [9.17, 15) is 5.11 Å². The Balaban J connectivity index is 1.47. The van der Waals surface area contributed by atoms with Crippen LogP contribution in [0.2, 0.25) is 5.02 Å². The van der Waals surface area contributed by atoms with E-state index < -0.39 is 6.23 Å². The third-order valence-electron chi connectivity index (χ3n) is 4.81. The van der Waals surface area contributed by atoms with Gasteiger partial charge in [0.15, 0.2) is 11.9 Å². The number of phenolic OH excluding ortho intramolecular Hbond substituents is 1. The van der Waals surface area contributed by atoms with Gasteiger partial charge in [0.2, 0.25) is 11.0 Å². The van der Waals surface area contributed by atoms with E-state index in [0.717, 1.165) is 22.4 Å². The van der Waals surface area contributed by atoms with Crippen molar-refractivity contribution < 1.29 is 9.84 Å². The second-order valence-electron chi connectivity index (χ2n) is 6.94. The number of thioether (sulfide) groups is 1. The van der Waals surface area contributed by atoms with E-state index in [1.54, 1.807) is 12.1 Å². The molecule has 1 aromatic heterocycles. The molecular formula is C23H17ClN4O2S. The number of para-hydroxylation sites is 1. The molecule has 0 radical (unpaired) electrons. The number of benzene rings is 3. The highest BCUT2D eigenvalue weighted by Crippen LogP contribution is 2.39. The molecule has 0 fully saturated rings. The Morgan fingerprint density at radius 1 is 0.968 bits per heavy atom. The van der Waals surface area contributed by atoms with Crippen molar-refractivity contribution in [2.24, 2.45) is 0 Å². The average Bonchev–Trinajstić information content (AvgIpc) is 2.96. The molecule has 0 saturated carbocycles. The highest BCUT2D eigenvalue weighted by molar-refractivity contribution is 7.98. The first kappa shape index (κ1) is 19.7. The number of anilines is 1. The molecule has 5 rings (SSSR count). The van der Waals surface area contributed by atoms with Gasteiger partial charge in [0, 0.05) is 27.6 Å². The van der Waals surface area contributed by atoms with Crippen molar-refractivity contribution in [3.63, 3.8) is 0 Å².